The van der Waals surface area contributed by atoms with Gasteiger partial charge < -0.3 is 4.98 Å². The monoisotopic (exact) mass is 344 g/mol. The van der Waals surface area contributed by atoms with Gasteiger partial charge in [-0.25, -0.2) is 4.98 Å². The molecule has 0 bridgehead atoms. The van der Waals surface area contributed by atoms with E-state index in [1.807, 2.05) is 6.07 Å². The Morgan fingerprint density at radius 3 is 2.91 bits per heavy atom. The van der Waals surface area contributed by atoms with Crippen molar-refractivity contribution in [2.75, 3.05) is 0 Å². The number of carbonyl (C=O) groups is 1. The van der Waals surface area contributed by atoms with E-state index in [1.165, 1.54) is 6.07 Å². The molecule has 1 unspecified atom stereocenters. The second kappa shape index (κ2) is 5.91. The quantitative estimate of drug-likeness (QED) is 0.736. The molecular weight excluding hydrogens is 336 g/mol. The molecule has 2 aromatic heterocycles. The van der Waals surface area contributed by atoms with Gasteiger partial charge in [-0.1, -0.05) is 11.6 Å². The number of nitrogens with one attached hydrogen (secondary N) is 1. The molecule has 0 aliphatic rings. The Labute approximate surface area is 139 Å². The number of Topliss-reactive ketones (excluding diaryl/α,β-unsaturated/α-hetero) is 1. The molecule has 0 aliphatic carbocycles. The predicted molar refractivity (Wildman–Crippen MR) is 86.9 cm³/mol. The Morgan fingerprint density at radius 1 is 1.48 bits per heavy atom. The number of fused-ring (bicyclic) bond motifs is 1. The first-order chi connectivity index (χ1) is 11.0. The Bertz CT molecular complexity index is 1020. The standard InChI is InChI=1S/C15H9ClN4O2S/c1-7-11(6-23-20-7)13(21)10(5-17)14-18-12-4-8(16)2-3-9(12)15(22)19-14/h2-4,6,10H,1H3,(H,18,19,22). The molecule has 0 amide bonds. The average molecular weight is 345 g/mol. The molecule has 0 radical (unpaired) electrons. The predicted octanol–water partition coefficient (Wildman–Crippen LogP) is 2.83. The van der Waals surface area contributed by atoms with E-state index in [9.17, 15) is 14.9 Å². The topological polar surface area (TPSA) is 99.5 Å². The van der Waals surface area contributed by atoms with E-state index >= 15 is 0 Å². The fourth-order valence-corrected chi connectivity index (χ4v) is 3.06. The van der Waals surface area contributed by atoms with Crippen LogP contribution >= 0.6 is 23.1 Å². The van der Waals surface area contributed by atoms with Crippen molar-refractivity contribution in [3.8, 4) is 6.07 Å². The summed E-state index contributed by atoms with van der Waals surface area (Å²) in [5, 5.41) is 11.7. The number of hydrogen-bond acceptors (Lipinski definition) is 6. The Morgan fingerprint density at radius 2 is 2.26 bits per heavy atom. The molecule has 8 heteroatoms. The van der Waals surface area contributed by atoms with Crippen LogP contribution in [0.25, 0.3) is 10.9 Å². The zero-order chi connectivity index (χ0) is 16.6. The summed E-state index contributed by atoms with van der Waals surface area (Å²) in [4.78, 5) is 31.4. The van der Waals surface area contributed by atoms with Gasteiger partial charge in [0, 0.05) is 10.4 Å². The lowest BCUT2D eigenvalue weighted by molar-refractivity contribution is 0.0976. The molecular formula is C15H9ClN4O2S. The van der Waals surface area contributed by atoms with Crippen LogP contribution in [-0.2, 0) is 0 Å². The molecule has 2 heterocycles. The fourth-order valence-electron chi connectivity index (χ4n) is 2.20. The van der Waals surface area contributed by atoms with E-state index in [0.29, 0.717) is 27.2 Å². The fraction of sp³-hybridized carbons (Fsp3) is 0.133. The summed E-state index contributed by atoms with van der Waals surface area (Å²) in [7, 11) is 0. The highest BCUT2D eigenvalue weighted by Crippen LogP contribution is 2.22. The van der Waals surface area contributed by atoms with Crippen LogP contribution in [0.2, 0.25) is 5.02 Å². The largest absolute Gasteiger partial charge is 0.308 e. The summed E-state index contributed by atoms with van der Waals surface area (Å²) in [6.07, 6.45) is 0. The number of hydrogen-bond donors (Lipinski definition) is 1. The van der Waals surface area contributed by atoms with Crippen LogP contribution in [0.4, 0.5) is 0 Å². The molecule has 1 aromatic carbocycles. The first-order valence-corrected chi connectivity index (χ1v) is 7.77. The third-order valence-corrected chi connectivity index (χ3v) is 4.32. The number of ketones is 1. The maximum Gasteiger partial charge on any atom is 0.258 e. The van der Waals surface area contributed by atoms with Gasteiger partial charge in [-0.2, -0.15) is 9.64 Å². The number of aromatic amines is 1. The van der Waals surface area contributed by atoms with Crippen LogP contribution in [-0.4, -0.2) is 20.1 Å². The maximum atomic E-state index is 12.5. The molecule has 0 fully saturated rings. The Kier molecular flexibility index (Phi) is 3.94. The number of halogens is 1. The molecule has 0 aliphatic heterocycles. The number of rotatable bonds is 3. The van der Waals surface area contributed by atoms with Crippen LogP contribution in [0.1, 0.15) is 27.8 Å². The molecule has 1 atom stereocenters. The summed E-state index contributed by atoms with van der Waals surface area (Å²) >= 11 is 7.05. The van der Waals surface area contributed by atoms with E-state index in [0.717, 1.165) is 11.5 Å². The van der Waals surface area contributed by atoms with Crippen molar-refractivity contribution in [2.45, 2.75) is 12.8 Å². The van der Waals surface area contributed by atoms with Crippen molar-refractivity contribution in [1.29, 1.82) is 5.26 Å². The van der Waals surface area contributed by atoms with Gasteiger partial charge in [0.2, 0.25) is 0 Å². The number of nitriles is 1. The van der Waals surface area contributed by atoms with Crippen LogP contribution in [0.3, 0.4) is 0 Å². The molecule has 23 heavy (non-hydrogen) atoms. The van der Waals surface area contributed by atoms with Gasteiger partial charge in [0.1, 0.15) is 5.82 Å². The van der Waals surface area contributed by atoms with E-state index < -0.39 is 17.3 Å². The summed E-state index contributed by atoms with van der Waals surface area (Å²) in [6.45, 7) is 1.69. The Balaban J connectivity index is 2.14. The van der Waals surface area contributed by atoms with Gasteiger partial charge in [-0.05, 0) is 36.7 Å². The lowest BCUT2D eigenvalue weighted by Crippen LogP contribution is -2.20. The smallest absolute Gasteiger partial charge is 0.258 e. The highest BCUT2D eigenvalue weighted by atomic mass is 35.5. The molecule has 114 valence electrons. The average Bonchev–Trinajstić information content (AvgIpc) is 2.93. The molecule has 3 aromatic rings. The minimum atomic E-state index is -1.21. The SMILES string of the molecule is Cc1nscc1C(=O)C(C#N)c1nc2cc(Cl)ccc2c(=O)[nH]1. The van der Waals surface area contributed by atoms with Gasteiger partial charge in [-0.15, -0.1) is 0 Å². The van der Waals surface area contributed by atoms with Crippen LogP contribution in [0.15, 0.2) is 28.4 Å². The molecule has 0 spiro atoms. The number of H-pyrrole nitrogens is 1. The highest BCUT2D eigenvalue weighted by Gasteiger charge is 2.27. The van der Waals surface area contributed by atoms with Gasteiger partial charge in [0.05, 0.1) is 28.2 Å². The number of aromatic nitrogens is 3. The lowest BCUT2D eigenvalue weighted by atomic mass is 9.99. The summed E-state index contributed by atoms with van der Waals surface area (Å²) < 4.78 is 4.03. The normalized spacial score (nSPS) is 12.0. The van der Waals surface area contributed by atoms with E-state index in [1.54, 1.807) is 24.4 Å². The van der Waals surface area contributed by atoms with Gasteiger partial charge in [0.25, 0.3) is 5.56 Å². The van der Waals surface area contributed by atoms with E-state index in [2.05, 4.69) is 14.3 Å². The van der Waals surface area contributed by atoms with Crippen molar-refractivity contribution >= 4 is 39.8 Å². The third kappa shape index (κ3) is 2.74. The molecule has 0 saturated carbocycles. The zero-order valence-corrected chi connectivity index (χ0v) is 13.4. The van der Waals surface area contributed by atoms with Crippen LogP contribution < -0.4 is 5.56 Å². The zero-order valence-electron chi connectivity index (χ0n) is 11.8. The summed E-state index contributed by atoms with van der Waals surface area (Å²) in [6, 6.07) is 6.54. The third-order valence-electron chi connectivity index (χ3n) is 3.37. The minimum Gasteiger partial charge on any atom is -0.308 e. The second-order valence-electron chi connectivity index (χ2n) is 4.85. The van der Waals surface area contributed by atoms with Crippen molar-refractivity contribution in [3.05, 3.63) is 56.0 Å². The van der Waals surface area contributed by atoms with E-state index in [-0.39, 0.29) is 5.82 Å². The Hall–Kier alpha value is -2.56. The van der Waals surface area contributed by atoms with Crippen molar-refractivity contribution in [2.24, 2.45) is 0 Å². The van der Waals surface area contributed by atoms with Crippen LogP contribution in [0, 0.1) is 18.3 Å². The van der Waals surface area contributed by atoms with Crippen molar-refractivity contribution in [3.63, 3.8) is 0 Å². The first kappa shape index (κ1) is 15.3. The molecule has 6 nitrogen and oxygen atoms in total. The number of carbonyl (C=O) groups excluding carboxylic acids is 1. The summed E-state index contributed by atoms with van der Waals surface area (Å²) in [5.74, 6) is -1.65. The van der Waals surface area contributed by atoms with Crippen LogP contribution in [0.5, 0.6) is 0 Å². The minimum absolute atomic E-state index is 0.00265. The molecule has 3 rings (SSSR count). The maximum absolute atomic E-state index is 12.5. The van der Waals surface area contributed by atoms with E-state index in [4.69, 9.17) is 11.6 Å². The number of aryl methyl sites for hydroxylation is 1. The van der Waals surface area contributed by atoms with Gasteiger partial charge in [0.15, 0.2) is 11.7 Å². The van der Waals surface area contributed by atoms with Crippen molar-refractivity contribution in [1.82, 2.24) is 14.3 Å². The summed E-state index contributed by atoms with van der Waals surface area (Å²) in [5.41, 5.74) is 0.821. The van der Waals surface area contributed by atoms with Gasteiger partial charge >= 0.3 is 0 Å². The van der Waals surface area contributed by atoms with Gasteiger partial charge in [-0.3, -0.25) is 9.59 Å². The number of nitrogens with zero attached hydrogens (tertiary/aromatic N) is 3. The molecule has 1 N–H and O–H groups in total. The number of benzene rings is 1. The highest BCUT2D eigenvalue weighted by molar-refractivity contribution is 7.04. The molecule has 0 saturated heterocycles. The van der Waals surface area contributed by atoms with Crippen molar-refractivity contribution < 1.29 is 4.79 Å². The second-order valence-corrected chi connectivity index (χ2v) is 5.92. The first-order valence-electron chi connectivity index (χ1n) is 6.55. The lowest BCUT2D eigenvalue weighted by Gasteiger charge is -2.08.